The summed E-state index contributed by atoms with van der Waals surface area (Å²) in [5.74, 6) is -0.295. The molecule has 1 saturated heterocycles. The van der Waals surface area contributed by atoms with Crippen LogP contribution in [0.1, 0.15) is 53.6 Å². The maximum atomic E-state index is 12.5. The SMILES string of the molecule is CC[C@@H]1CCCN(C(=O)c2nccnc2C(N)=O)CC1. The number of hydrogen-bond acceptors (Lipinski definition) is 4. The smallest absolute Gasteiger partial charge is 0.274 e. The molecule has 1 fully saturated rings. The van der Waals surface area contributed by atoms with E-state index in [4.69, 9.17) is 5.73 Å². The molecule has 0 saturated carbocycles. The molecule has 0 unspecified atom stereocenters. The molecule has 2 rings (SSSR count). The molecule has 108 valence electrons. The van der Waals surface area contributed by atoms with Crippen LogP contribution in [0.2, 0.25) is 0 Å². The van der Waals surface area contributed by atoms with Gasteiger partial charge in [0.25, 0.3) is 11.8 Å². The van der Waals surface area contributed by atoms with Crippen molar-refractivity contribution >= 4 is 11.8 Å². The highest BCUT2D eigenvalue weighted by atomic mass is 16.2. The number of carbonyl (C=O) groups excluding carboxylic acids is 2. The summed E-state index contributed by atoms with van der Waals surface area (Å²) in [5.41, 5.74) is 5.26. The van der Waals surface area contributed by atoms with Crippen LogP contribution in [0.15, 0.2) is 12.4 Å². The number of likely N-dealkylation sites (tertiary alicyclic amines) is 1. The standard InChI is InChI=1S/C14H20N4O2/c1-2-10-4-3-8-18(9-5-10)14(20)12-11(13(15)19)16-6-7-17-12/h6-7,10H,2-5,8-9H2,1H3,(H2,15,19)/t10-/m1/s1. The number of nitrogens with two attached hydrogens (primary N) is 1. The highest BCUT2D eigenvalue weighted by Crippen LogP contribution is 2.21. The monoisotopic (exact) mass is 276 g/mol. The lowest BCUT2D eigenvalue weighted by Gasteiger charge is -2.20. The number of aromatic nitrogens is 2. The first-order chi connectivity index (χ1) is 9.63. The van der Waals surface area contributed by atoms with Crippen LogP contribution >= 0.6 is 0 Å². The van der Waals surface area contributed by atoms with E-state index in [1.54, 1.807) is 4.90 Å². The highest BCUT2D eigenvalue weighted by molar-refractivity contribution is 6.03. The minimum Gasteiger partial charge on any atom is -0.364 e. The number of nitrogens with zero attached hydrogens (tertiary/aromatic N) is 3. The van der Waals surface area contributed by atoms with Crippen LogP contribution in [0.4, 0.5) is 0 Å². The van der Waals surface area contributed by atoms with Crippen LogP contribution in [0.3, 0.4) is 0 Å². The van der Waals surface area contributed by atoms with Gasteiger partial charge in [0.1, 0.15) is 0 Å². The van der Waals surface area contributed by atoms with Gasteiger partial charge in [-0.05, 0) is 25.2 Å². The number of carbonyl (C=O) groups is 2. The zero-order valence-corrected chi connectivity index (χ0v) is 11.7. The summed E-state index contributed by atoms with van der Waals surface area (Å²) in [5, 5.41) is 0. The van der Waals surface area contributed by atoms with Crippen molar-refractivity contribution in [3.8, 4) is 0 Å². The van der Waals surface area contributed by atoms with E-state index in [2.05, 4.69) is 16.9 Å². The van der Waals surface area contributed by atoms with Gasteiger partial charge in [-0.1, -0.05) is 13.3 Å². The molecule has 1 atom stereocenters. The van der Waals surface area contributed by atoms with E-state index in [1.807, 2.05) is 0 Å². The van der Waals surface area contributed by atoms with Crippen LogP contribution in [0.25, 0.3) is 0 Å². The third-order valence-electron chi connectivity index (χ3n) is 3.85. The first-order valence-electron chi connectivity index (χ1n) is 7.03. The van der Waals surface area contributed by atoms with Crippen molar-refractivity contribution in [2.75, 3.05) is 13.1 Å². The normalized spacial score (nSPS) is 19.4. The fourth-order valence-electron chi connectivity index (χ4n) is 2.60. The summed E-state index contributed by atoms with van der Waals surface area (Å²) in [6.45, 7) is 3.58. The second kappa shape index (κ2) is 6.45. The van der Waals surface area contributed by atoms with Crippen LogP contribution in [0.5, 0.6) is 0 Å². The molecule has 2 N–H and O–H groups in total. The van der Waals surface area contributed by atoms with E-state index in [-0.39, 0.29) is 17.3 Å². The van der Waals surface area contributed by atoms with Crippen LogP contribution in [0, 0.1) is 5.92 Å². The number of rotatable bonds is 3. The second-order valence-electron chi connectivity index (χ2n) is 5.12. The van der Waals surface area contributed by atoms with Crippen molar-refractivity contribution in [3.05, 3.63) is 23.8 Å². The van der Waals surface area contributed by atoms with Crippen LogP contribution < -0.4 is 5.73 Å². The number of hydrogen-bond donors (Lipinski definition) is 1. The topological polar surface area (TPSA) is 89.2 Å². The van der Waals surface area contributed by atoms with Crippen molar-refractivity contribution in [2.24, 2.45) is 11.7 Å². The van der Waals surface area contributed by atoms with Crippen molar-refractivity contribution in [3.63, 3.8) is 0 Å². The molecule has 20 heavy (non-hydrogen) atoms. The molecule has 0 bridgehead atoms. The van der Waals surface area contributed by atoms with Gasteiger partial charge in [0.05, 0.1) is 0 Å². The van der Waals surface area contributed by atoms with E-state index in [9.17, 15) is 9.59 Å². The molecule has 0 spiro atoms. The van der Waals surface area contributed by atoms with E-state index in [1.165, 1.54) is 12.4 Å². The van der Waals surface area contributed by atoms with Gasteiger partial charge in [-0.15, -0.1) is 0 Å². The van der Waals surface area contributed by atoms with Gasteiger partial charge in [-0.2, -0.15) is 0 Å². The average Bonchev–Trinajstić information content (AvgIpc) is 2.71. The largest absolute Gasteiger partial charge is 0.364 e. The second-order valence-corrected chi connectivity index (χ2v) is 5.12. The zero-order chi connectivity index (χ0) is 14.5. The molecule has 0 radical (unpaired) electrons. The first-order valence-corrected chi connectivity index (χ1v) is 7.03. The molecule has 6 heteroatoms. The summed E-state index contributed by atoms with van der Waals surface area (Å²) in [7, 11) is 0. The fourth-order valence-corrected chi connectivity index (χ4v) is 2.60. The van der Waals surface area contributed by atoms with Crippen molar-refractivity contribution in [1.82, 2.24) is 14.9 Å². The Balaban J connectivity index is 2.17. The van der Waals surface area contributed by atoms with E-state index in [0.29, 0.717) is 19.0 Å². The zero-order valence-electron chi connectivity index (χ0n) is 11.7. The van der Waals surface area contributed by atoms with Crippen molar-refractivity contribution < 1.29 is 9.59 Å². The highest BCUT2D eigenvalue weighted by Gasteiger charge is 2.25. The summed E-state index contributed by atoms with van der Waals surface area (Å²) in [6.07, 6.45) is 7.03. The Morgan fingerprint density at radius 3 is 2.60 bits per heavy atom. The Labute approximate surface area is 118 Å². The Bertz CT molecular complexity index is 504. The molecule has 1 aliphatic heterocycles. The maximum Gasteiger partial charge on any atom is 0.274 e. The molecule has 1 aromatic rings. The summed E-state index contributed by atoms with van der Waals surface area (Å²) < 4.78 is 0. The Hall–Kier alpha value is -1.98. The Morgan fingerprint density at radius 1 is 1.25 bits per heavy atom. The van der Waals surface area contributed by atoms with Gasteiger partial charge >= 0.3 is 0 Å². The molecular formula is C14H20N4O2. The Kier molecular flexibility index (Phi) is 4.65. The molecular weight excluding hydrogens is 256 g/mol. The van der Waals surface area contributed by atoms with Crippen molar-refractivity contribution in [2.45, 2.75) is 32.6 Å². The minimum atomic E-state index is -0.720. The summed E-state index contributed by atoms with van der Waals surface area (Å²) >= 11 is 0. The van der Waals surface area contributed by atoms with Crippen molar-refractivity contribution in [1.29, 1.82) is 0 Å². The third-order valence-corrected chi connectivity index (χ3v) is 3.85. The lowest BCUT2D eigenvalue weighted by atomic mass is 9.98. The lowest BCUT2D eigenvalue weighted by molar-refractivity contribution is 0.0747. The summed E-state index contributed by atoms with van der Waals surface area (Å²) in [6, 6.07) is 0. The molecule has 0 aliphatic carbocycles. The lowest BCUT2D eigenvalue weighted by Crippen LogP contribution is -2.34. The van der Waals surface area contributed by atoms with E-state index < -0.39 is 5.91 Å². The van der Waals surface area contributed by atoms with E-state index in [0.717, 1.165) is 25.7 Å². The molecule has 2 heterocycles. The molecule has 0 aromatic carbocycles. The first kappa shape index (κ1) is 14.4. The van der Waals surface area contributed by atoms with Gasteiger partial charge in [-0.25, -0.2) is 9.97 Å². The van der Waals surface area contributed by atoms with Gasteiger partial charge in [-0.3, -0.25) is 9.59 Å². The number of amides is 2. The van der Waals surface area contributed by atoms with Gasteiger partial charge in [0.2, 0.25) is 0 Å². The molecule has 2 amide bonds. The quantitative estimate of drug-likeness (QED) is 0.899. The predicted molar refractivity (Wildman–Crippen MR) is 74.1 cm³/mol. The van der Waals surface area contributed by atoms with Gasteiger partial charge < -0.3 is 10.6 Å². The van der Waals surface area contributed by atoms with Gasteiger partial charge in [0.15, 0.2) is 11.4 Å². The Morgan fingerprint density at radius 2 is 1.95 bits per heavy atom. The third kappa shape index (κ3) is 3.12. The minimum absolute atomic E-state index is 0.0474. The molecule has 1 aromatic heterocycles. The summed E-state index contributed by atoms with van der Waals surface area (Å²) in [4.78, 5) is 33.4. The fraction of sp³-hybridized carbons (Fsp3) is 0.571. The molecule has 6 nitrogen and oxygen atoms in total. The average molecular weight is 276 g/mol. The molecule has 1 aliphatic rings. The van der Waals surface area contributed by atoms with Crippen LogP contribution in [-0.4, -0.2) is 39.8 Å². The van der Waals surface area contributed by atoms with Gasteiger partial charge in [0, 0.05) is 25.5 Å². The van der Waals surface area contributed by atoms with E-state index >= 15 is 0 Å². The predicted octanol–water partition coefficient (Wildman–Crippen LogP) is 1.23. The van der Waals surface area contributed by atoms with Crippen LogP contribution in [-0.2, 0) is 0 Å². The number of primary amides is 1. The maximum absolute atomic E-state index is 12.5.